The number of furan rings is 1. The molecule has 11 heavy (non-hydrogen) atoms. The number of hydrogen-bond acceptors (Lipinski definition) is 4. The summed E-state index contributed by atoms with van der Waals surface area (Å²) in [5.41, 5.74) is 0. The van der Waals surface area contributed by atoms with Crippen molar-refractivity contribution in [2.24, 2.45) is 0 Å². The van der Waals surface area contributed by atoms with Gasteiger partial charge in [-0.05, 0) is 12.1 Å². The Labute approximate surface area is 63.0 Å². The van der Waals surface area contributed by atoms with Crippen molar-refractivity contribution in [3.05, 3.63) is 17.9 Å². The molecule has 0 radical (unpaired) electrons. The average molecular weight is 178 g/mol. The van der Waals surface area contributed by atoms with Crippen molar-refractivity contribution in [1.82, 2.24) is 0 Å². The Bertz CT molecular complexity index is 336. The molecule has 0 aromatic carbocycles. The van der Waals surface area contributed by atoms with Crippen LogP contribution in [0, 0.1) is 0 Å². The molecule has 0 spiro atoms. The van der Waals surface area contributed by atoms with Gasteiger partial charge in [0.05, 0.1) is 0 Å². The summed E-state index contributed by atoms with van der Waals surface area (Å²) in [6, 6.07) is 2.34. The monoisotopic (exact) mass is 178 g/mol. The molecule has 1 aromatic rings. The molecule has 0 saturated heterocycles. The van der Waals surface area contributed by atoms with Crippen LogP contribution in [-0.4, -0.2) is 18.1 Å². The molecule has 1 heterocycles. The molecule has 2 N–H and O–H groups in total. The molecular weight excluding hydrogens is 172 g/mol. The van der Waals surface area contributed by atoms with Crippen molar-refractivity contribution >= 4 is 10.1 Å². The van der Waals surface area contributed by atoms with Crippen LogP contribution in [0.5, 0.6) is 0 Å². The summed E-state index contributed by atoms with van der Waals surface area (Å²) in [7, 11) is -4.27. The molecule has 0 aliphatic carbocycles. The lowest BCUT2D eigenvalue weighted by Gasteiger charge is -1.88. The van der Waals surface area contributed by atoms with Crippen molar-refractivity contribution < 1.29 is 22.5 Å². The highest BCUT2D eigenvalue weighted by atomic mass is 32.2. The summed E-state index contributed by atoms with van der Waals surface area (Å²) in [5, 5.41) is 7.89. The predicted octanol–water partition coefficient (Wildman–Crippen LogP) is 0.0186. The fourth-order valence-electron chi connectivity index (χ4n) is 0.582. The van der Waals surface area contributed by atoms with Crippen LogP contribution < -0.4 is 0 Å². The summed E-state index contributed by atoms with van der Waals surface area (Å²) < 4.78 is 33.6. The van der Waals surface area contributed by atoms with Gasteiger partial charge in [-0.3, -0.25) is 4.55 Å². The van der Waals surface area contributed by atoms with Crippen LogP contribution >= 0.6 is 0 Å². The van der Waals surface area contributed by atoms with Crippen molar-refractivity contribution in [2.75, 3.05) is 0 Å². The second kappa shape index (κ2) is 2.65. The van der Waals surface area contributed by atoms with Crippen LogP contribution in [0.25, 0.3) is 0 Å². The molecule has 5 nitrogen and oxygen atoms in total. The molecule has 0 amide bonds. The van der Waals surface area contributed by atoms with E-state index in [2.05, 4.69) is 4.42 Å². The Morgan fingerprint density at radius 3 is 2.36 bits per heavy atom. The van der Waals surface area contributed by atoms with Crippen LogP contribution in [0.1, 0.15) is 5.76 Å². The van der Waals surface area contributed by atoms with E-state index in [0.717, 1.165) is 6.07 Å². The summed E-state index contributed by atoms with van der Waals surface area (Å²) in [5.74, 6) is 0.0950. The highest BCUT2D eigenvalue weighted by Gasteiger charge is 2.13. The number of rotatable bonds is 2. The minimum Gasteiger partial charge on any atom is -0.445 e. The predicted molar refractivity (Wildman–Crippen MR) is 34.4 cm³/mol. The van der Waals surface area contributed by atoms with E-state index in [4.69, 9.17) is 9.66 Å². The van der Waals surface area contributed by atoms with E-state index in [1.54, 1.807) is 0 Å². The first-order valence-corrected chi connectivity index (χ1v) is 4.15. The third-order valence-corrected chi connectivity index (χ3v) is 1.77. The van der Waals surface area contributed by atoms with Crippen LogP contribution in [0.2, 0.25) is 0 Å². The van der Waals surface area contributed by atoms with Gasteiger partial charge in [-0.25, -0.2) is 0 Å². The maximum absolute atomic E-state index is 10.3. The van der Waals surface area contributed by atoms with Gasteiger partial charge in [0.1, 0.15) is 12.4 Å². The second-order valence-electron chi connectivity index (χ2n) is 1.85. The van der Waals surface area contributed by atoms with Crippen molar-refractivity contribution in [1.29, 1.82) is 0 Å². The van der Waals surface area contributed by atoms with Gasteiger partial charge in [0, 0.05) is 0 Å². The zero-order valence-corrected chi connectivity index (χ0v) is 6.21. The zero-order valence-electron chi connectivity index (χ0n) is 5.39. The smallest absolute Gasteiger partial charge is 0.328 e. The molecule has 0 aliphatic rings. The van der Waals surface area contributed by atoms with Gasteiger partial charge in [0.15, 0.2) is 0 Å². The summed E-state index contributed by atoms with van der Waals surface area (Å²) in [6.45, 7) is -0.393. The molecule has 1 rings (SSSR count). The van der Waals surface area contributed by atoms with Gasteiger partial charge in [0.25, 0.3) is 0 Å². The fraction of sp³-hybridized carbons (Fsp3) is 0.200. The zero-order chi connectivity index (χ0) is 8.48. The molecule has 6 heteroatoms. The lowest BCUT2D eigenvalue weighted by atomic mass is 10.5. The lowest BCUT2D eigenvalue weighted by Crippen LogP contribution is -1.94. The summed E-state index contributed by atoms with van der Waals surface area (Å²) in [4.78, 5) is 0. The SMILES string of the molecule is O=S(=O)(O)c1ccc(CO)o1. The minimum atomic E-state index is -4.27. The topological polar surface area (TPSA) is 87.7 Å². The molecule has 62 valence electrons. The largest absolute Gasteiger partial charge is 0.445 e. The van der Waals surface area contributed by atoms with Crippen LogP contribution in [0.15, 0.2) is 21.6 Å². The number of aliphatic hydroxyl groups is 1. The average Bonchev–Trinajstić information content (AvgIpc) is 2.32. The van der Waals surface area contributed by atoms with E-state index in [1.807, 2.05) is 0 Å². The quantitative estimate of drug-likeness (QED) is 0.623. The van der Waals surface area contributed by atoms with Gasteiger partial charge < -0.3 is 9.52 Å². The molecular formula is C5H6O5S. The Morgan fingerprint density at radius 2 is 2.09 bits per heavy atom. The van der Waals surface area contributed by atoms with E-state index in [0.29, 0.717) is 0 Å². The first-order valence-electron chi connectivity index (χ1n) is 2.71. The molecule has 1 aromatic heterocycles. The first-order chi connectivity index (χ1) is 5.04. The van der Waals surface area contributed by atoms with Crippen LogP contribution in [0.4, 0.5) is 0 Å². The first kappa shape index (κ1) is 8.25. The molecule has 0 aliphatic heterocycles. The van der Waals surface area contributed by atoms with Crippen molar-refractivity contribution in [3.8, 4) is 0 Å². The van der Waals surface area contributed by atoms with Gasteiger partial charge in [-0.1, -0.05) is 0 Å². The molecule has 0 saturated carbocycles. The van der Waals surface area contributed by atoms with Crippen molar-refractivity contribution in [2.45, 2.75) is 11.7 Å². The van der Waals surface area contributed by atoms with Crippen LogP contribution in [0.3, 0.4) is 0 Å². The van der Waals surface area contributed by atoms with E-state index >= 15 is 0 Å². The molecule has 0 fully saturated rings. The van der Waals surface area contributed by atoms with Gasteiger partial charge in [-0.15, -0.1) is 0 Å². The number of hydrogen-bond donors (Lipinski definition) is 2. The minimum absolute atomic E-state index is 0.0950. The van der Waals surface area contributed by atoms with Crippen molar-refractivity contribution in [3.63, 3.8) is 0 Å². The third kappa shape index (κ3) is 1.79. The number of aliphatic hydroxyl groups excluding tert-OH is 1. The highest BCUT2D eigenvalue weighted by molar-refractivity contribution is 7.85. The van der Waals surface area contributed by atoms with Gasteiger partial charge in [0.2, 0.25) is 5.09 Å². The van der Waals surface area contributed by atoms with E-state index < -0.39 is 21.8 Å². The fourth-order valence-corrected chi connectivity index (χ4v) is 1.03. The normalized spacial score (nSPS) is 11.8. The Hall–Kier alpha value is -0.850. The summed E-state index contributed by atoms with van der Waals surface area (Å²) >= 11 is 0. The van der Waals surface area contributed by atoms with Crippen LogP contribution in [-0.2, 0) is 16.7 Å². The van der Waals surface area contributed by atoms with Gasteiger partial charge >= 0.3 is 10.1 Å². The van der Waals surface area contributed by atoms with E-state index in [-0.39, 0.29) is 5.76 Å². The third-order valence-electron chi connectivity index (χ3n) is 1.05. The standard InChI is InChI=1S/C5H6O5S/c6-3-4-1-2-5(10-4)11(7,8)9/h1-2,6H,3H2,(H,7,8,9). The van der Waals surface area contributed by atoms with E-state index in [9.17, 15) is 8.42 Å². The molecule has 0 atom stereocenters. The molecule has 0 bridgehead atoms. The second-order valence-corrected chi connectivity index (χ2v) is 3.21. The lowest BCUT2D eigenvalue weighted by molar-refractivity contribution is 0.235. The Kier molecular flexibility index (Phi) is 1.99. The maximum Gasteiger partial charge on any atom is 0.328 e. The molecule has 0 unspecified atom stereocenters. The highest BCUT2D eigenvalue weighted by Crippen LogP contribution is 2.12. The maximum atomic E-state index is 10.3. The van der Waals surface area contributed by atoms with Gasteiger partial charge in [-0.2, -0.15) is 8.42 Å². The Balaban J connectivity index is 3.09. The summed E-state index contributed by atoms with van der Waals surface area (Å²) in [6.07, 6.45) is 0. The van der Waals surface area contributed by atoms with E-state index in [1.165, 1.54) is 6.07 Å². The Morgan fingerprint density at radius 1 is 1.45 bits per heavy atom.